The molecule has 1 saturated heterocycles. The van der Waals surface area contributed by atoms with Gasteiger partial charge < -0.3 is 9.64 Å². The molecule has 2 aromatic carbocycles. The molecule has 1 amide bonds. The number of likely N-dealkylation sites (tertiary alicyclic amines) is 1. The van der Waals surface area contributed by atoms with Crippen molar-refractivity contribution in [3.05, 3.63) is 65.7 Å². The number of nitrogens with zero attached hydrogens (tertiary/aromatic N) is 1. The normalized spacial score (nSPS) is 25.0. The molecule has 2 aromatic rings. The summed E-state index contributed by atoms with van der Waals surface area (Å²) in [6.07, 6.45) is 2.84. The van der Waals surface area contributed by atoms with Crippen molar-refractivity contribution in [3.63, 3.8) is 0 Å². The van der Waals surface area contributed by atoms with Crippen LogP contribution in [0.1, 0.15) is 41.6 Å². The summed E-state index contributed by atoms with van der Waals surface area (Å²) in [5, 5.41) is 0. The van der Waals surface area contributed by atoms with Crippen LogP contribution in [0.2, 0.25) is 0 Å². The number of ketones is 1. The summed E-state index contributed by atoms with van der Waals surface area (Å²) in [6, 6.07) is 17.6. The topological polar surface area (TPSA) is 46.6 Å². The number of methoxy groups -OCH3 is 1. The van der Waals surface area contributed by atoms with Crippen LogP contribution < -0.4 is 4.74 Å². The van der Waals surface area contributed by atoms with Crippen molar-refractivity contribution in [1.82, 2.24) is 4.90 Å². The molecular formula is C23H25NO3. The van der Waals surface area contributed by atoms with Gasteiger partial charge in [-0.1, -0.05) is 30.3 Å². The molecule has 1 aliphatic carbocycles. The smallest absolute Gasteiger partial charge is 0.253 e. The van der Waals surface area contributed by atoms with Crippen molar-refractivity contribution < 1.29 is 14.3 Å². The third-order valence-corrected chi connectivity index (χ3v) is 6.29. The molecule has 4 rings (SSSR count). The Bertz CT molecular complexity index is 848. The number of rotatable bonds is 3. The summed E-state index contributed by atoms with van der Waals surface area (Å²) in [5.41, 5.74) is 1.72. The lowest BCUT2D eigenvalue weighted by Gasteiger charge is -2.50. The van der Waals surface area contributed by atoms with E-state index in [-0.39, 0.29) is 11.3 Å². The minimum atomic E-state index is -0.183. The summed E-state index contributed by atoms with van der Waals surface area (Å²) in [6.45, 7) is 1.38. The van der Waals surface area contributed by atoms with Crippen molar-refractivity contribution in [2.75, 3.05) is 20.2 Å². The highest BCUT2D eigenvalue weighted by Gasteiger charge is 2.48. The number of piperidine rings is 1. The van der Waals surface area contributed by atoms with Crippen molar-refractivity contribution >= 4 is 11.7 Å². The number of fused-ring (bicyclic) bond motifs is 1. The first-order valence-electron chi connectivity index (χ1n) is 9.63. The summed E-state index contributed by atoms with van der Waals surface area (Å²) >= 11 is 0. The fourth-order valence-corrected chi connectivity index (χ4v) is 4.81. The van der Waals surface area contributed by atoms with Crippen LogP contribution in [0, 0.1) is 5.92 Å². The van der Waals surface area contributed by atoms with Gasteiger partial charge in [-0.3, -0.25) is 9.59 Å². The Hall–Kier alpha value is -2.62. The van der Waals surface area contributed by atoms with E-state index in [1.54, 1.807) is 7.11 Å². The maximum atomic E-state index is 12.9. The summed E-state index contributed by atoms with van der Waals surface area (Å²) < 4.78 is 5.42. The molecule has 4 nitrogen and oxygen atoms in total. The predicted octanol–water partition coefficient (Wildman–Crippen LogP) is 3.85. The molecule has 0 unspecified atom stereocenters. The van der Waals surface area contributed by atoms with E-state index in [0.29, 0.717) is 37.6 Å². The summed E-state index contributed by atoms with van der Waals surface area (Å²) in [4.78, 5) is 27.3. The fraction of sp³-hybridized carbons (Fsp3) is 0.391. The summed E-state index contributed by atoms with van der Waals surface area (Å²) in [7, 11) is 1.67. The molecular weight excluding hydrogens is 338 g/mol. The van der Waals surface area contributed by atoms with Crippen LogP contribution in [0.25, 0.3) is 0 Å². The number of ether oxygens (including phenoxy) is 1. The van der Waals surface area contributed by atoms with Gasteiger partial charge in [-0.2, -0.15) is 0 Å². The molecule has 0 spiro atoms. The molecule has 1 saturated carbocycles. The van der Waals surface area contributed by atoms with Gasteiger partial charge >= 0.3 is 0 Å². The highest BCUT2D eigenvalue weighted by molar-refractivity contribution is 5.94. The lowest BCUT2D eigenvalue weighted by atomic mass is 9.59. The van der Waals surface area contributed by atoms with Crippen LogP contribution in [-0.4, -0.2) is 36.8 Å². The summed E-state index contributed by atoms with van der Waals surface area (Å²) in [5.74, 6) is 1.54. The van der Waals surface area contributed by atoms with Gasteiger partial charge in [0.25, 0.3) is 5.91 Å². The number of hydrogen-bond acceptors (Lipinski definition) is 3. The molecule has 4 heteroatoms. The predicted molar refractivity (Wildman–Crippen MR) is 104 cm³/mol. The third kappa shape index (κ3) is 3.25. The van der Waals surface area contributed by atoms with Crippen LogP contribution in [0.5, 0.6) is 5.75 Å². The van der Waals surface area contributed by atoms with E-state index in [9.17, 15) is 9.59 Å². The molecule has 0 bridgehead atoms. The standard InChI is InChI=1S/C23H25NO3/c1-27-21-9-5-8-18(14-21)23-12-13-24(16-19(23)10-11-20(25)15-23)22(26)17-6-3-2-4-7-17/h2-9,14,19H,10-13,15-16H2,1H3/t19-,23-/m1/s1. The molecule has 0 aromatic heterocycles. The maximum Gasteiger partial charge on any atom is 0.253 e. The van der Waals surface area contributed by atoms with Gasteiger partial charge in [0.15, 0.2) is 0 Å². The second kappa shape index (κ2) is 7.18. The van der Waals surface area contributed by atoms with E-state index in [2.05, 4.69) is 12.1 Å². The SMILES string of the molecule is COc1cccc([C@]23CCN(C(=O)c4ccccc4)C[C@H]2CCC(=O)C3)c1. The quantitative estimate of drug-likeness (QED) is 0.832. The first-order valence-corrected chi connectivity index (χ1v) is 9.63. The van der Waals surface area contributed by atoms with Gasteiger partial charge in [-0.15, -0.1) is 0 Å². The first-order chi connectivity index (χ1) is 13.1. The average Bonchev–Trinajstić information content (AvgIpc) is 2.73. The zero-order valence-electron chi connectivity index (χ0n) is 15.7. The highest BCUT2D eigenvalue weighted by Crippen LogP contribution is 2.48. The van der Waals surface area contributed by atoms with Crippen molar-refractivity contribution in [2.24, 2.45) is 5.92 Å². The van der Waals surface area contributed by atoms with Gasteiger partial charge in [0.1, 0.15) is 11.5 Å². The second-order valence-electron chi connectivity index (χ2n) is 7.71. The Kier molecular flexibility index (Phi) is 4.73. The Labute approximate surface area is 160 Å². The molecule has 1 aliphatic heterocycles. The number of carbonyl (C=O) groups excluding carboxylic acids is 2. The third-order valence-electron chi connectivity index (χ3n) is 6.29. The Morgan fingerprint density at radius 1 is 1.15 bits per heavy atom. The monoisotopic (exact) mass is 363 g/mol. The maximum absolute atomic E-state index is 12.9. The number of Topliss-reactive ketones (excluding diaryl/α,β-unsaturated/α-hetero) is 1. The molecule has 2 aliphatic rings. The van der Waals surface area contributed by atoms with Gasteiger partial charge in [0, 0.05) is 36.9 Å². The van der Waals surface area contributed by atoms with Gasteiger partial charge in [0.05, 0.1) is 7.11 Å². The largest absolute Gasteiger partial charge is 0.497 e. The fourth-order valence-electron chi connectivity index (χ4n) is 4.81. The molecule has 0 N–H and O–H groups in total. The zero-order chi connectivity index (χ0) is 18.9. The van der Waals surface area contributed by atoms with E-state index >= 15 is 0 Å². The molecule has 1 heterocycles. The molecule has 0 radical (unpaired) electrons. The van der Waals surface area contributed by atoms with Crippen molar-refractivity contribution in [3.8, 4) is 5.75 Å². The van der Waals surface area contributed by atoms with Gasteiger partial charge in [0.2, 0.25) is 0 Å². The van der Waals surface area contributed by atoms with E-state index < -0.39 is 0 Å². The Morgan fingerprint density at radius 2 is 1.96 bits per heavy atom. The van der Waals surface area contributed by atoms with Crippen LogP contribution >= 0.6 is 0 Å². The molecule has 2 atom stereocenters. The zero-order valence-corrected chi connectivity index (χ0v) is 15.7. The number of carbonyl (C=O) groups is 2. The van der Waals surface area contributed by atoms with Gasteiger partial charge in [-0.05, 0) is 48.6 Å². The van der Waals surface area contributed by atoms with Crippen LogP contribution in [-0.2, 0) is 10.2 Å². The highest BCUT2D eigenvalue weighted by atomic mass is 16.5. The van der Waals surface area contributed by atoms with Crippen molar-refractivity contribution in [1.29, 1.82) is 0 Å². The van der Waals surface area contributed by atoms with E-state index in [4.69, 9.17) is 4.74 Å². The number of benzene rings is 2. The lowest BCUT2D eigenvalue weighted by Crippen LogP contribution is -2.54. The lowest BCUT2D eigenvalue weighted by molar-refractivity contribution is -0.124. The molecule has 140 valence electrons. The van der Waals surface area contributed by atoms with Crippen LogP contribution in [0.3, 0.4) is 0 Å². The van der Waals surface area contributed by atoms with Crippen LogP contribution in [0.4, 0.5) is 0 Å². The van der Waals surface area contributed by atoms with Crippen molar-refractivity contribution in [2.45, 2.75) is 31.1 Å². The number of amides is 1. The van der Waals surface area contributed by atoms with E-state index in [1.165, 1.54) is 5.56 Å². The van der Waals surface area contributed by atoms with Crippen LogP contribution in [0.15, 0.2) is 54.6 Å². The average molecular weight is 363 g/mol. The van der Waals surface area contributed by atoms with E-state index in [0.717, 1.165) is 24.2 Å². The minimum Gasteiger partial charge on any atom is -0.497 e. The molecule has 27 heavy (non-hydrogen) atoms. The first kappa shape index (κ1) is 17.8. The molecule has 2 fully saturated rings. The second-order valence-corrected chi connectivity index (χ2v) is 7.71. The Morgan fingerprint density at radius 3 is 2.74 bits per heavy atom. The van der Waals surface area contributed by atoms with E-state index in [1.807, 2.05) is 47.4 Å². The number of hydrogen-bond donors (Lipinski definition) is 0. The minimum absolute atomic E-state index is 0.0896. The Balaban J connectivity index is 1.63. The van der Waals surface area contributed by atoms with Gasteiger partial charge in [-0.25, -0.2) is 0 Å².